The molecule has 2 aromatic carbocycles. The van der Waals surface area contributed by atoms with Crippen LogP contribution in [0.15, 0.2) is 47.6 Å². The molecule has 0 heterocycles. The highest BCUT2D eigenvalue weighted by Gasteiger charge is 2.10. The van der Waals surface area contributed by atoms with Crippen molar-refractivity contribution in [2.75, 3.05) is 19.5 Å². The predicted octanol–water partition coefficient (Wildman–Crippen LogP) is 2.49. The number of hydrazone groups is 1. The van der Waals surface area contributed by atoms with Crippen molar-refractivity contribution >= 4 is 23.7 Å². The van der Waals surface area contributed by atoms with E-state index >= 15 is 0 Å². The van der Waals surface area contributed by atoms with Gasteiger partial charge in [0.1, 0.15) is 6.42 Å². The third-order valence-electron chi connectivity index (χ3n) is 3.48. The second-order valence-electron chi connectivity index (χ2n) is 5.47. The Balaban J connectivity index is 1.89. The van der Waals surface area contributed by atoms with Crippen LogP contribution in [0.25, 0.3) is 0 Å². The van der Waals surface area contributed by atoms with Crippen LogP contribution in [-0.2, 0) is 9.59 Å². The number of para-hydroxylation sites is 1. The SMILES string of the molecule is COc1cccc(C=NNC(=O)CC(=O)Nc2ccc(C)cc2)c1OC. The van der Waals surface area contributed by atoms with Crippen molar-refractivity contribution in [1.82, 2.24) is 5.43 Å². The molecule has 7 heteroatoms. The first-order chi connectivity index (χ1) is 12.5. The topological polar surface area (TPSA) is 89.0 Å². The number of benzene rings is 2. The summed E-state index contributed by atoms with van der Waals surface area (Å²) in [6.45, 7) is 1.95. The molecular weight excluding hydrogens is 334 g/mol. The van der Waals surface area contributed by atoms with Gasteiger partial charge in [0.25, 0.3) is 0 Å². The highest BCUT2D eigenvalue weighted by molar-refractivity contribution is 6.03. The molecule has 0 saturated heterocycles. The number of rotatable bonds is 7. The van der Waals surface area contributed by atoms with Gasteiger partial charge in [-0.2, -0.15) is 5.10 Å². The van der Waals surface area contributed by atoms with Crippen molar-refractivity contribution in [2.24, 2.45) is 5.10 Å². The lowest BCUT2D eigenvalue weighted by molar-refractivity contribution is -0.126. The van der Waals surface area contributed by atoms with Crippen molar-refractivity contribution < 1.29 is 19.1 Å². The number of carbonyl (C=O) groups is 2. The van der Waals surface area contributed by atoms with Crippen LogP contribution in [0, 0.1) is 6.92 Å². The van der Waals surface area contributed by atoms with E-state index in [2.05, 4.69) is 15.8 Å². The molecule has 0 aliphatic heterocycles. The Hall–Kier alpha value is -3.35. The van der Waals surface area contributed by atoms with Gasteiger partial charge in [-0.3, -0.25) is 9.59 Å². The molecule has 0 unspecified atom stereocenters. The van der Waals surface area contributed by atoms with Gasteiger partial charge in [0.15, 0.2) is 11.5 Å². The largest absolute Gasteiger partial charge is 0.493 e. The van der Waals surface area contributed by atoms with Crippen molar-refractivity contribution in [2.45, 2.75) is 13.3 Å². The predicted molar refractivity (Wildman–Crippen MR) is 99.7 cm³/mol. The molecule has 0 aromatic heterocycles. The quantitative estimate of drug-likeness (QED) is 0.454. The van der Waals surface area contributed by atoms with E-state index in [1.54, 1.807) is 30.3 Å². The normalized spacial score (nSPS) is 10.4. The Morgan fingerprint density at radius 1 is 1.04 bits per heavy atom. The molecule has 0 fully saturated rings. The zero-order valence-corrected chi connectivity index (χ0v) is 14.9. The minimum absolute atomic E-state index is 0.333. The molecule has 0 saturated carbocycles. The maximum atomic E-state index is 11.9. The summed E-state index contributed by atoms with van der Waals surface area (Å²) in [6.07, 6.45) is 1.09. The van der Waals surface area contributed by atoms with Crippen LogP contribution in [0.4, 0.5) is 5.69 Å². The third kappa shape index (κ3) is 5.34. The monoisotopic (exact) mass is 355 g/mol. The highest BCUT2D eigenvalue weighted by Crippen LogP contribution is 2.29. The van der Waals surface area contributed by atoms with Gasteiger partial charge in [0.05, 0.1) is 20.4 Å². The van der Waals surface area contributed by atoms with E-state index in [1.807, 2.05) is 19.1 Å². The number of nitrogens with zero attached hydrogens (tertiary/aromatic N) is 1. The van der Waals surface area contributed by atoms with Crippen LogP contribution < -0.4 is 20.2 Å². The van der Waals surface area contributed by atoms with Crippen LogP contribution in [-0.4, -0.2) is 32.2 Å². The molecule has 0 spiro atoms. The number of carbonyl (C=O) groups excluding carboxylic acids is 2. The van der Waals surface area contributed by atoms with Crippen LogP contribution in [0.1, 0.15) is 17.5 Å². The molecule has 136 valence electrons. The van der Waals surface area contributed by atoms with Crippen molar-refractivity contribution in [3.63, 3.8) is 0 Å². The standard InChI is InChI=1S/C19H21N3O4/c1-13-7-9-15(10-8-13)21-17(23)11-18(24)22-20-12-14-5-4-6-16(25-2)19(14)26-3/h4-10,12H,11H2,1-3H3,(H,21,23)(H,22,24). The molecule has 0 aliphatic carbocycles. The number of hydrogen-bond acceptors (Lipinski definition) is 5. The number of ether oxygens (including phenoxy) is 2. The fourth-order valence-electron chi connectivity index (χ4n) is 2.21. The van der Waals surface area contributed by atoms with Gasteiger partial charge in [0.2, 0.25) is 11.8 Å². The zero-order chi connectivity index (χ0) is 18.9. The van der Waals surface area contributed by atoms with Crippen LogP contribution in [0.2, 0.25) is 0 Å². The Bertz CT molecular complexity index is 801. The molecule has 26 heavy (non-hydrogen) atoms. The number of nitrogens with one attached hydrogen (secondary N) is 2. The van der Waals surface area contributed by atoms with Gasteiger partial charge in [-0.05, 0) is 31.2 Å². The fourth-order valence-corrected chi connectivity index (χ4v) is 2.21. The third-order valence-corrected chi connectivity index (χ3v) is 3.48. The maximum Gasteiger partial charge on any atom is 0.249 e. The van der Waals surface area contributed by atoms with E-state index < -0.39 is 11.8 Å². The number of methoxy groups -OCH3 is 2. The Morgan fingerprint density at radius 2 is 1.77 bits per heavy atom. The van der Waals surface area contributed by atoms with Crippen molar-refractivity contribution in [3.8, 4) is 11.5 Å². The molecule has 2 aromatic rings. The Kier molecular flexibility index (Phi) is 6.73. The summed E-state index contributed by atoms with van der Waals surface area (Å²) in [7, 11) is 3.05. The first kappa shape index (κ1) is 19.0. The summed E-state index contributed by atoms with van der Waals surface area (Å²) in [5.74, 6) is 0.124. The Morgan fingerprint density at radius 3 is 2.42 bits per heavy atom. The molecule has 0 radical (unpaired) electrons. The summed E-state index contributed by atoms with van der Waals surface area (Å²) in [4.78, 5) is 23.7. The lowest BCUT2D eigenvalue weighted by Crippen LogP contribution is -2.24. The van der Waals surface area contributed by atoms with Gasteiger partial charge >= 0.3 is 0 Å². The molecule has 2 N–H and O–H groups in total. The minimum atomic E-state index is -0.521. The second kappa shape index (κ2) is 9.22. The lowest BCUT2D eigenvalue weighted by Gasteiger charge is -2.09. The molecule has 7 nitrogen and oxygen atoms in total. The molecular formula is C19H21N3O4. The smallest absolute Gasteiger partial charge is 0.249 e. The second-order valence-corrected chi connectivity index (χ2v) is 5.47. The van der Waals surface area contributed by atoms with Crippen LogP contribution in [0.5, 0.6) is 11.5 Å². The van der Waals surface area contributed by atoms with Crippen molar-refractivity contribution in [3.05, 3.63) is 53.6 Å². The van der Waals surface area contributed by atoms with E-state index in [-0.39, 0.29) is 6.42 Å². The van der Waals surface area contributed by atoms with Gasteiger partial charge in [-0.1, -0.05) is 23.8 Å². The molecule has 0 atom stereocenters. The Labute approximate surface area is 152 Å². The number of amides is 2. The zero-order valence-electron chi connectivity index (χ0n) is 14.9. The van der Waals surface area contributed by atoms with E-state index in [1.165, 1.54) is 20.4 Å². The lowest BCUT2D eigenvalue weighted by atomic mass is 10.2. The van der Waals surface area contributed by atoms with E-state index in [4.69, 9.17) is 9.47 Å². The number of hydrogen-bond donors (Lipinski definition) is 2. The summed E-state index contributed by atoms with van der Waals surface area (Å²) < 4.78 is 10.5. The average molecular weight is 355 g/mol. The van der Waals surface area contributed by atoms with Gasteiger partial charge in [0, 0.05) is 11.3 Å². The van der Waals surface area contributed by atoms with Crippen molar-refractivity contribution in [1.29, 1.82) is 0 Å². The highest BCUT2D eigenvalue weighted by atomic mass is 16.5. The maximum absolute atomic E-state index is 11.9. The number of aryl methyl sites for hydroxylation is 1. The van der Waals surface area contributed by atoms with Crippen LogP contribution >= 0.6 is 0 Å². The summed E-state index contributed by atoms with van der Waals surface area (Å²) in [5, 5.41) is 6.51. The van der Waals surface area contributed by atoms with Gasteiger partial charge in [-0.25, -0.2) is 5.43 Å². The fraction of sp³-hybridized carbons (Fsp3) is 0.211. The first-order valence-electron chi connectivity index (χ1n) is 7.93. The molecule has 0 aliphatic rings. The summed E-state index contributed by atoms with van der Waals surface area (Å²) >= 11 is 0. The van der Waals surface area contributed by atoms with E-state index in [0.717, 1.165) is 5.56 Å². The minimum Gasteiger partial charge on any atom is -0.493 e. The van der Waals surface area contributed by atoms with E-state index in [9.17, 15) is 9.59 Å². The molecule has 2 rings (SSSR count). The summed E-state index contributed by atoms with van der Waals surface area (Å²) in [5.41, 5.74) is 4.68. The summed E-state index contributed by atoms with van der Waals surface area (Å²) in [6, 6.07) is 12.6. The first-order valence-corrected chi connectivity index (χ1v) is 7.93. The van der Waals surface area contributed by atoms with Crippen LogP contribution in [0.3, 0.4) is 0 Å². The van der Waals surface area contributed by atoms with E-state index in [0.29, 0.717) is 22.7 Å². The molecule has 0 bridgehead atoms. The van der Waals surface area contributed by atoms with Gasteiger partial charge < -0.3 is 14.8 Å². The average Bonchev–Trinajstić information content (AvgIpc) is 2.63. The number of anilines is 1. The molecule has 2 amide bonds. The van der Waals surface area contributed by atoms with Gasteiger partial charge in [-0.15, -0.1) is 0 Å².